The Bertz CT molecular complexity index is 1210. The minimum absolute atomic E-state index is 0.156. The van der Waals surface area contributed by atoms with Crippen LogP contribution in [0.4, 0.5) is 4.79 Å². The fraction of sp³-hybridized carbons (Fsp3) is 0.414. The molecular weight excluding hydrogens is 472 g/mol. The summed E-state index contributed by atoms with van der Waals surface area (Å²) < 4.78 is 17.2. The van der Waals surface area contributed by atoms with Crippen LogP contribution in [0, 0.1) is 18.8 Å². The number of carbonyl (C=O) groups excluding carboxylic acids is 1. The SMILES string of the molecule is Cc1oc(-c2ccccc2)nc1CCOc1ccc(C[C@H]2CN(C(=O)OC(C)(C)C)C[C@H]2C(=O)O)cc1. The second-order valence-corrected chi connectivity index (χ2v) is 10.4. The highest BCUT2D eigenvalue weighted by Crippen LogP contribution is 2.29. The molecule has 0 unspecified atom stereocenters. The number of amides is 1. The predicted molar refractivity (Wildman–Crippen MR) is 138 cm³/mol. The van der Waals surface area contributed by atoms with Crippen molar-refractivity contribution in [2.45, 2.75) is 46.1 Å². The van der Waals surface area contributed by atoms with Crippen molar-refractivity contribution >= 4 is 12.1 Å². The number of oxazole rings is 1. The van der Waals surface area contributed by atoms with Gasteiger partial charge in [0.2, 0.25) is 5.89 Å². The molecule has 3 aromatic rings. The van der Waals surface area contributed by atoms with Crippen LogP contribution in [0.3, 0.4) is 0 Å². The van der Waals surface area contributed by atoms with Gasteiger partial charge in [-0.3, -0.25) is 4.79 Å². The summed E-state index contributed by atoms with van der Waals surface area (Å²) in [6.45, 7) is 8.26. The Balaban J connectivity index is 1.31. The first-order valence-corrected chi connectivity index (χ1v) is 12.5. The molecule has 4 rings (SSSR count). The molecular formula is C29H34N2O6. The molecule has 196 valence electrons. The van der Waals surface area contributed by atoms with E-state index in [0.29, 0.717) is 31.9 Å². The summed E-state index contributed by atoms with van der Waals surface area (Å²) in [6, 6.07) is 17.4. The maximum Gasteiger partial charge on any atom is 0.410 e. The molecule has 0 saturated carbocycles. The van der Waals surface area contributed by atoms with E-state index in [-0.39, 0.29) is 12.5 Å². The first-order valence-electron chi connectivity index (χ1n) is 12.5. The van der Waals surface area contributed by atoms with E-state index in [1.165, 1.54) is 4.90 Å². The number of carboxylic acids is 1. The fourth-order valence-corrected chi connectivity index (χ4v) is 4.49. The van der Waals surface area contributed by atoms with E-state index in [4.69, 9.17) is 13.9 Å². The van der Waals surface area contributed by atoms with Crippen LogP contribution in [0.25, 0.3) is 11.5 Å². The van der Waals surface area contributed by atoms with Crippen LogP contribution in [0.2, 0.25) is 0 Å². The lowest BCUT2D eigenvalue weighted by atomic mass is 9.90. The highest BCUT2D eigenvalue weighted by Gasteiger charge is 2.40. The van der Waals surface area contributed by atoms with Gasteiger partial charge < -0.3 is 23.9 Å². The van der Waals surface area contributed by atoms with Gasteiger partial charge in [-0.2, -0.15) is 0 Å². The molecule has 1 fully saturated rings. The van der Waals surface area contributed by atoms with Crippen molar-refractivity contribution in [3.8, 4) is 17.2 Å². The number of carbonyl (C=O) groups is 2. The van der Waals surface area contributed by atoms with Crippen molar-refractivity contribution < 1.29 is 28.6 Å². The van der Waals surface area contributed by atoms with E-state index in [1.807, 2.05) is 61.5 Å². The Hall–Kier alpha value is -3.81. The van der Waals surface area contributed by atoms with Crippen molar-refractivity contribution in [1.82, 2.24) is 9.88 Å². The third-order valence-electron chi connectivity index (χ3n) is 6.35. The minimum Gasteiger partial charge on any atom is -0.493 e. The van der Waals surface area contributed by atoms with Gasteiger partial charge in [-0.25, -0.2) is 9.78 Å². The van der Waals surface area contributed by atoms with Crippen LogP contribution >= 0.6 is 0 Å². The van der Waals surface area contributed by atoms with Crippen molar-refractivity contribution in [3.63, 3.8) is 0 Å². The molecule has 0 bridgehead atoms. The Morgan fingerprint density at radius 2 is 1.78 bits per heavy atom. The standard InChI is InChI=1S/C29H34N2O6/c1-19-25(30-26(36-19)21-8-6-5-7-9-21)14-15-35-23-12-10-20(11-13-23)16-22-17-31(18-24(22)27(32)33)28(34)37-29(2,3)4/h5-13,22,24H,14-18H2,1-4H3,(H,32,33)/t22-,24+/m0/s1. The maximum atomic E-state index is 12.5. The summed E-state index contributed by atoms with van der Waals surface area (Å²) in [5.74, 6) is 0.400. The lowest BCUT2D eigenvalue weighted by Gasteiger charge is -2.24. The second-order valence-electron chi connectivity index (χ2n) is 10.4. The number of hydrogen-bond acceptors (Lipinski definition) is 6. The van der Waals surface area contributed by atoms with Crippen LogP contribution in [0.1, 0.15) is 37.8 Å². The number of hydrogen-bond donors (Lipinski definition) is 1. The van der Waals surface area contributed by atoms with Gasteiger partial charge in [-0.05, 0) is 69.9 Å². The van der Waals surface area contributed by atoms with Gasteiger partial charge in [0.15, 0.2) is 0 Å². The molecule has 0 spiro atoms. The topological polar surface area (TPSA) is 102 Å². The number of nitrogens with zero attached hydrogens (tertiary/aromatic N) is 2. The normalized spacial score (nSPS) is 17.6. The molecule has 0 radical (unpaired) electrons. The van der Waals surface area contributed by atoms with Crippen LogP contribution in [-0.2, 0) is 22.4 Å². The Morgan fingerprint density at radius 1 is 1.08 bits per heavy atom. The van der Waals surface area contributed by atoms with Gasteiger partial charge in [0.25, 0.3) is 0 Å². The highest BCUT2D eigenvalue weighted by molar-refractivity contribution is 5.74. The average molecular weight is 507 g/mol. The zero-order chi connectivity index (χ0) is 26.6. The predicted octanol–water partition coefficient (Wildman–Crippen LogP) is 5.38. The van der Waals surface area contributed by atoms with Gasteiger partial charge in [0.05, 0.1) is 18.2 Å². The molecule has 37 heavy (non-hydrogen) atoms. The van der Waals surface area contributed by atoms with Crippen LogP contribution < -0.4 is 4.74 Å². The molecule has 2 atom stereocenters. The zero-order valence-corrected chi connectivity index (χ0v) is 21.8. The third kappa shape index (κ3) is 6.90. The van der Waals surface area contributed by atoms with Crippen molar-refractivity contribution in [2.75, 3.05) is 19.7 Å². The molecule has 8 nitrogen and oxygen atoms in total. The molecule has 8 heteroatoms. The van der Waals surface area contributed by atoms with Gasteiger partial charge in [0.1, 0.15) is 17.1 Å². The number of ether oxygens (including phenoxy) is 2. The summed E-state index contributed by atoms with van der Waals surface area (Å²) in [5, 5.41) is 9.70. The summed E-state index contributed by atoms with van der Waals surface area (Å²) in [4.78, 5) is 30.4. The quantitative estimate of drug-likeness (QED) is 0.437. The number of aromatic nitrogens is 1. The van der Waals surface area contributed by atoms with Crippen LogP contribution in [-0.4, -0.2) is 52.4 Å². The van der Waals surface area contributed by atoms with E-state index in [0.717, 1.165) is 28.3 Å². The lowest BCUT2D eigenvalue weighted by Crippen LogP contribution is -2.36. The molecule has 1 aliphatic heterocycles. The molecule has 1 aliphatic rings. The Kier molecular flexibility index (Phi) is 7.86. The molecule has 1 amide bonds. The van der Waals surface area contributed by atoms with Gasteiger partial charge in [-0.1, -0.05) is 30.3 Å². The smallest absolute Gasteiger partial charge is 0.410 e. The van der Waals surface area contributed by atoms with Crippen molar-refractivity contribution in [2.24, 2.45) is 11.8 Å². The summed E-state index contributed by atoms with van der Waals surface area (Å²) in [6.07, 6.45) is 0.701. The van der Waals surface area contributed by atoms with Gasteiger partial charge in [0, 0.05) is 25.1 Å². The molecule has 1 saturated heterocycles. The lowest BCUT2D eigenvalue weighted by molar-refractivity contribution is -0.142. The van der Waals surface area contributed by atoms with E-state index >= 15 is 0 Å². The summed E-state index contributed by atoms with van der Waals surface area (Å²) in [5.41, 5.74) is 2.18. The van der Waals surface area contributed by atoms with Crippen molar-refractivity contribution in [1.29, 1.82) is 0 Å². The third-order valence-corrected chi connectivity index (χ3v) is 6.35. The number of aryl methyl sites for hydroxylation is 1. The average Bonchev–Trinajstić information content (AvgIpc) is 3.44. The maximum absolute atomic E-state index is 12.5. The van der Waals surface area contributed by atoms with Gasteiger partial charge >= 0.3 is 12.1 Å². The largest absolute Gasteiger partial charge is 0.493 e. The summed E-state index contributed by atoms with van der Waals surface area (Å²) in [7, 11) is 0. The first-order chi connectivity index (χ1) is 17.6. The number of rotatable bonds is 8. The number of benzene rings is 2. The monoisotopic (exact) mass is 506 g/mol. The highest BCUT2D eigenvalue weighted by atomic mass is 16.6. The van der Waals surface area contributed by atoms with Gasteiger partial charge in [-0.15, -0.1) is 0 Å². The first kappa shape index (κ1) is 26.3. The molecule has 2 heterocycles. The number of carboxylic acid groups (broad SMARTS) is 1. The molecule has 0 aliphatic carbocycles. The van der Waals surface area contributed by atoms with E-state index < -0.39 is 23.6 Å². The minimum atomic E-state index is -0.894. The van der Waals surface area contributed by atoms with E-state index in [9.17, 15) is 14.7 Å². The molecule has 2 aromatic carbocycles. The molecule has 1 N–H and O–H groups in total. The van der Waals surface area contributed by atoms with E-state index in [1.54, 1.807) is 20.8 Å². The van der Waals surface area contributed by atoms with E-state index in [2.05, 4.69) is 4.98 Å². The van der Waals surface area contributed by atoms with Crippen LogP contribution in [0.5, 0.6) is 5.75 Å². The molecule has 1 aromatic heterocycles. The number of aliphatic carboxylic acids is 1. The summed E-state index contributed by atoms with van der Waals surface area (Å²) >= 11 is 0. The second kappa shape index (κ2) is 11.1. The zero-order valence-electron chi connectivity index (χ0n) is 21.8. The number of likely N-dealkylation sites (tertiary alicyclic amines) is 1. The Morgan fingerprint density at radius 3 is 2.43 bits per heavy atom. The van der Waals surface area contributed by atoms with Crippen LogP contribution in [0.15, 0.2) is 59.0 Å². The fourth-order valence-electron chi connectivity index (χ4n) is 4.49. The Labute approximate surface area is 217 Å². The van der Waals surface area contributed by atoms with Crippen molar-refractivity contribution in [3.05, 3.63) is 71.6 Å².